The van der Waals surface area contributed by atoms with Crippen LogP contribution in [0.25, 0.3) is 0 Å². The lowest BCUT2D eigenvalue weighted by Gasteiger charge is -2.39. The third-order valence-electron chi connectivity index (χ3n) is 4.57. The van der Waals surface area contributed by atoms with E-state index in [-0.39, 0.29) is 11.8 Å². The molecule has 3 atom stereocenters. The van der Waals surface area contributed by atoms with Crippen LogP contribution in [0.1, 0.15) is 38.2 Å². The molecular weight excluding hydrogens is 248 g/mol. The Labute approximate surface area is 122 Å². The molecule has 3 heteroatoms. The van der Waals surface area contributed by atoms with E-state index < -0.39 is 0 Å². The van der Waals surface area contributed by atoms with E-state index in [1.165, 1.54) is 5.56 Å². The van der Waals surface area contributed by atoms with Gasteiger partial charge in [-0.3, -0.25) is 4.79 Å². The first-order valence-electron chi connectivity index (χ1n) is 7.71. The molecule has 3 nitrogen and oxygen atoms in total. The van der Waals surface area contributed by atoms with Crippen LogP contribution in [-0.2, 0) is 4.79 Å². The summed E-state index contributed by atoms with van der Waals surface area (Å²) in [6, 6.07) is 10.7. The maximum absolute atomic E-state index is 12.3. The summed E-state index contributed by atoms with van der Waals surface area (Å²) in [6.45, 7) is 6.32. The van der Waals surface area contributed by atoms with Crippen LogP contribution in [0.3, 0.4) is 0 Å². The van der Waals surface area contributed by atoms with E-state index in [4.69, 9.17) is 5.73 Å². The van der Waals surface area contributed by atoms with Crippen LogP contribution in [0, 0.1) is 11.8 Å². The number of carbonyl (C=O) groups is 1. The monoisotopic (exact) mass is 274 g/mol. The van der Waals surface area contributed by atoms with Gasteiger partial charge in [0.2, 0.25) is 5.91 Å². The minimum Gasteiger partial charge on any atom is -0.342 e. The number of nitrogens with two attached hydrogens (primary N) is 1. The molecule has 0 bridgehead atoms. The van der Waals surface area contributed by atoms with Gasteiger partial charge in [-0.25, -0.2) is 0 Å². The summed E-state index contributed by atoms with van der Waals surface area (Å²) in [4.78, 5) is 14.3. The average molecular weight is 274 g/mol. The van der Waals surface area contributed by atoms with Gasteiger partial charge in [-0.05, 0) is 23.8 Å². The van der Waals surface area contributed by atoms with E-state index in [0.29, 0.717) is 18.4 Å². The minimum absolute atomic E-state index is 0.0548. The quantitative estimate of drug-likeness (QED) is 0.917. The lowest BCUT2D eigenvalue weighted by Crippen LogP contribution is -2.46. The van der Waals surface area contributed by atoms with Gasteiger partial charge in [-0.1, -0.05) is 50.6 Å². The second-order valence-corrected chi connectivity index (χ2v) is 5.90. The molecule has 1 heterocycles. The Balaban J connectivity index is 2.07. The number of rotatable bonds is 4. The second-order valence-electron chi connectivity index (χ2n) is 5.90. The predicted octanol–water partition coefficient (Wildman–Crippen LogP) is 2.62. The lowest BCUT2D eigenvalue weighted by molar-refractivity contribution is -0.136. The zero-order chi connectivity index (χ0) is 14.5. The van der Waals surface area contributed by atoms with E-state index >= 15 is 0 Å². The van der Waals surface area contributed by atoms with E-state index in [2.05, 4.69) is 37.3 Å². The Kier molecular flexibility index (Phi) is 5.18. The van der Waals surface area contributed by atoms with Gasteiger partial charge in [0.05, 0.1) is 0 Å². The zero-order valence-electron chi connectivity index (χ0n) is 12.6. The topological polar surface area (TPSA) is 46.3 Å². The molecular formula is C17H26N2O. The minimum atomic E-state index is -0.0548. The summed E-state index contributed by atoms with van der Waals surface area (Å²) in [5.74, 6) is 1.30. The van der Waals surface area contributed by atoms with Gasteiger partial charge in [0.25, 0.3) is 0 Å². The highest BCUT2D eigenvalue weighted by atomic mass is 16.2. The first-order chi connectivity index (χ1) is 9.67. The molecule has 0 saturated carbocycles. The smallest absolute Gasteiger partial charge is 0.226 e. The molecule has 0 radical (unpaired) electrons. The molecule has 1 aromatic rings. The molecule has 1 saturated heterocycles. The maximum atomic E-state index is 12.3. The number of benzene rings is 1. The summed E-state index contributed by atoms with van der Waals surface area (Å²) in [5, 5.41) is 0. The SMILES string of the molecule is CCC1CN(C(=O)C(C)CN)CCC1c1ccccc1. The summed E-state index contributed by atoms with van der Waals surface area (Å²) < 4.78 is 0. The zero-order valence-corrected chi connectivity index (χ0v) is 12.6. The molecule has 2 rings (SSSR count). The molecule has 1 aliphatic rings. The average Bonchev–Trinajstić information content (AvgIpc) is 2.53. The van der Waals surface area contributed by atoms with Gasteiger partial charge < -0.3 is 10.6 Å². The summed E-state index contributed by atoms with van der Waals surface area (Å²) in [7, 11) is 0. The van der Waals surface area contributed by atoms with Crippen LogP contribution in [0.4, 0.5) is 0 Å². The molecule has 0 aliphatic carbocycles. The van der Waals surface area contributed by atoms with Crippen molar-refractivity contribution in [2.24, 2.45) is 17.6 Å². The van der Waals surface area contributed by atoms with Crippen molar-refractivity contribution in [3.63, 3.8) is 0 Å². The maximum Gasteiger partial charge on any atom is 0.226 e. The molecule has 3 unspecified atom stereocenters. The number of nitrogens with zero attached hydrogens (tertiary/aromatic N) is 1. The highest BCUT2D eigenvalue weighted by Gasteiger charge is 2.32. The normalized spacial score (nSPS) is 24.4. The highest BCUT2D eigenvalue weighted by Crippen LogP contribution is 2.35. The van der Waals surface area contributed by atoms with E-state index in [1.807, 2.05) is 11.8 Å². The van der Waals surface area contributed by atoms with Crippen LogP contribution in [0.2, 0.25) is 0 Å². The van der Waals surface area contributed by atoms with E-state index in [1.54, 1.807) is 0 Å². The Hall–Kier alpha value is -1.35. The number of hydrogen-bond acceptors (Lipinski definition) is 2. The third kappa shape index (κ3) is 3.21. The Morgan fingerprint density at radius 3 is 2.70 bits per heavy atom. The van der Waals surface area contributed by atoms with Gasteiger partial charge in [-0.2, -0.15) is 0 Å². The number of likely N-dealkylation sites (tertiary alicyclic amines) is 1. The predicted molar refractivity (Wildman–Crippen MR) is 82.4 cm³/mol. The van der Waals surface area contributed by atoms with Crippen LogP contribution in [0.5, 0.6) is 0 Å². The second kappa shape index (κ2) is 6.89. The molecule has 20 heavy (non-hydrogen) atoms. The first-order valence-corrected chi connectivity index (χ1v) is 7.71. The number of carbonyl (C=O) groups excluding carboxylic acids is 1. The summed E-state index contributed by atoms with van der Waals surface area (Å²) in [6.07, 6.45) is 2.17. The Bertz CT molecular complexity index is 432. The van der Waals surface area contributed by atoms with Crippen molar-refractivity contribution in [1.82, 2.24) is 4.90 Å². The van der Waals surface area contributed by atoms with Crippen molar-refractivity contribution in [3.05, 3.63) is 35.9 Å². The van der Waals surface area contributed by atoms with Crippen molar-refractivity contribution in [3.8, 4) is 0 Å². The highest BCUT2D eigenvalue weighted by molar-refractivity contribution is 5.78. The van der Waals surface area contributed by atoms with Gasteiger partial charge in [0.1, 0.15) is 0 Å². The lowest BCUT2D eigenvalue weighted by atomic mass is 9.79. The van der Waals surface area contributed by atoms with Crippen molar-refractivity contribution in [2.75, 3.05) is 19.6 Å². The molecule has 1 fully saturated rings. The van der Waals surface area contributed by atoms with Crippen molar-refractivity contribution in [2.45, 2.75) is 32.6 Å². The third-order valence-corrected chi connectivity index (χ3v) is 4.57. The fraction of sp³-hybridized carbons (Fsp3) is 0.588. The number of piperidine rings is 1. The number of amides is 1. The molecule has 0 aromatic heterocycles. The number of hydrogen-bond donors (Lipinski definition) is 1. The van der Waals surface area contributed by atoms with Crippen LogP contribution in [0.15, 0.2) is 30.3 Å². The molecule has 1 aliphatic heterocycles. The summed E-state index contributed by atoms with van der Waals surface area (Å²) in [5.41, 5.74) is 7.03. The molecule has 2 N–H and O–H groups in total. The summed E-state index contributed by atoms with van der Waals surface area (Å²) >= 11 is 0. The Morgan fingerprint density at radius 2 is 2.10 bits per heavy atom. The van der Waals surface area contributed by atoms with E-state index in [0.717, 1.165) is 25.9 Å². The van der Waals surface area contributed by atoms with Gasteiger partial charge in [0.15, 0.2) is 0 Å². The molecule has 0 spiro atoms. The standard InChI is InChI=1S/C17H26N2O/c1-3-14-12-19(17(20)13(2)11-18)10-9-16(14)15-7-5-4-6-8-15/h4-8,13-14,16H,3,9-12,18H2,1-2H3. The molecule has 1 aromatic carbocycles. The van der Waals surface area contributed by atoms with Gasteiger partial charge in [0, 0.05) is 25.6 Å². The van der Waals surface area contributed by atoms with Crippen molar-refractivity contribution >= 4 is 5.91 Å². The molecule has 110 valence electrons. The van der Waals surface area contributed by atoms with Gasteiger partial charge >= 0.3 is 0 Å². The van der Waals surface area contributed by atoms with Crippen molar-refractivity contribution < 1.29 is 4.79 Å². The van der Waals surface area contributed by atoms with Gasteiger partial charge in [-0.15, -0.1) is 0 Å². The Morgan fingerprint density at radius 1 is 1.40 bits per heavy atom. The van der Waals surface area contributed by atoms with Crippen LogP contribution in [-0.4, -0.2) is 30.4 Å². The van der Waals surface area contributed by atoms with Crippen molar-refractivity contribution in [1.29, 1.82) is 0 Å². The van der Waals surface area contributed by atoms with E-state index in [9.17, 15) is 4.79 Å². The van der Waals surface area contributed by atoms with Crippen LogP contribution < -0.4 is 5.73 Å². The van der Waals surface area contributed by atoms with Crippen LogP contribution >= 0.6 is 0 Å². The molecule has 1 amide bonds. The fourth-order valence-corrected chi connectivity index (χ4v) is 3.20. The fourth-order valence-electron chi connectivity index (χ4n) is 3.20. The largest absolute Gasteiger partial charge is 0.342 e. The first kappa shape index (κ1) is 15.0.